The van der Waals surface area contributed by atoms with Crippen LogP contribution < -0.4 is 0 Å². The predicted molar refractivity (Wildman–Crippen MR) is 73.3 cm³/mol. The number of hydrogen-bond acceptors (Lipinski definition) is 2. The van der Waals surface area contributed by atoms with E-state index in [0.29, 0.717) is 18.0 Å². The zero-order chi connectivity index (χ0) is 13.3. The monoisotopic (exact) mass is 267 g/mol. The molecule has 0 atom stereocenters. The van der Waals surface area contributed by atoms with Crippen LogP contribution in [0.5, 0.6) is 0 Å². The maximum absolute atomic E-state index is 12.7. The van der Waals surface area contributed by atoms with Crippen molar-refractivity contribution in [3.63, 3.8) is 0 Å². The lowest BCUT2D eigenvalue weighted by molar-refractivity contribution is 0.346. The molecule has 1 aromatic rings. The fourth-order valence-electron chi connectivity index (χ4n) is 2.81. The summed E-state index contributed by atoms with van der Waals surface area (Å²) in [6.45, 7) is 7.09. The van der Waals surface area contributed by atoms with Crippen molar-refractivity contribution in [1.82, 2.24) is 4.31 Å². The van der Waals surface area contributed by atoms with Gasteiger partial charge in [0.25, 0.3) is 0 Å². The Hall–Kier alpha value is -0.870. The summed E-state index contributed by atoms with van der Waals surface area (Å²) < 4.78 is 27.0. The predicted octanol–water partition coefficient (Wildman–Crippen LogP) is 2.79. The second kappa shape index (κ2) is 5.02. The first-order valence-corrected chi connectivity index (χ1v) is 7.95. The molecule has 18 heavy (non-hydrogen) atoms. The number of benzene rings is 1. The van der Waals surface area contributed by atoms with Gasteiger partial charge in [0.1, 0.15) is 0 Å². The van der Waals surface area contributed by atoms with Gasteiger partial charge in [-0.15, -0.1) is 0 Å². The maximum atomic E-state index is 12.7. The van der Waals surface area contributed by atoms with Crippen LogP contribution in [0.3, 0.4) is 0 Å². The summed E-state index contributed by atoms with van der Waals surface area (Å²) in [5.74, 6) is 0. The molecule has 0 spiro atoms. The number of piperidine rings is 1. The minimum absolute atomic E-state index is 0.509. The first-order valence-electron chi connectivity index (χ1n) is 6.51. The fourth-order valence-corrected chi connectivity index (χ4v) is 4.74. The van der Waals surface area contributed by atoms with E-state index in [9.17, 15) is 8.42 Å². The third kappa shape index (κ3) is 2.45. The van der Waals surface area contributed by atoms with Crippen LogP contribution in [0.25, 0.3) is 0 Å². The van der Waals surface area contributed by atoms with Crippen LogP contribution in [0.4, 0.5) is 0 Å². The zero-order valence-electron chi connectivity index (χ0n) is 11.4. The molecule has 0 N–H and O–H groups in total. The van der Waals surface area contributed by atoms with Crippen LogP contribution in [0.1, 0.15) is 36.0 Å². The van der Waals surface area contributed by atoms with E-state index in [1.54, 1.807) is 4.31 Å². The number of rotatable bonds is 2. The Kier molecular flexibility index (Phi) is 3.78. The first kappa shape index (κ1) is 13.6. The molecule has 0 unspecified atom stereocenters. The Morgan fingerprint density at radius 2 is 1.44 bits per heavy atom. The number of aryl methyl sites for hydroxylation is 3. The van der Waals surface area contributed by atoms with Gasteiger partial charge >= 0.3 is 0 Å². The molecule has 0 amide bonds. The molecule has 0 bridgehead atoms. The molecule has 1 saturated heterocycles. The number of hydrogen-bond donors (Lipinski definition) is 0. The van der Waals surface area contributed by atoms with Crippen molar-refractivity contribution in [2.24, 2.45) is 0 Å². The van der Waals surface area contributed by atoms with Crippen LogP contribution in [0.15, 0.2) is 17.0 Å². The lowest BCUT2D eigenvalue weighted by atomic mass is 10.1. The second-order valence-corrected chi connectivity index (χ2v) is 7.07. The molecule has 1 aliphatic heterocycles. The molecule has 0 saturated carbocycles. The lowest BCUT2D eigenvalue weighted by Gasteiger charge is -2.27. The molecule has 0 aromatic heterocycles. The summed E-state index contributed by atoms with van der Waals surface area (Å²) >= 11 is 0. The molecule has 100 valence electrons. The molecule has 2 rings (SSSR count). The van der Waals surface area contributed by atoms with E-state index in [2.05, 4.69) is 0 Å². The quantitative estimate of drug-likeness (QED) is 0.826. The molecule has 4 heteroatoms. The molecule has 1 aliphatic rings. The normalized spacial score (nSPS) is 17.9. The minimum atomic E-state index is -3.31. The molecule has 1 fully saturated rings. The first-order chi connectivity index (χ1) is 8.43. The molecule has 3 nitrogen and oxygen atoms in total. The SMILES string of the molecule is Cc1cc(C)c(S(=O)(=O)N2CCCCC2)c(C)c1. The van der Waals surface area contributed by atoms with Crippen LogP contribution in [0.2, 0.25) is 0 Å². The average molecular weight is 267 g/mol. The smallest absolute Gasteiger partial charge is 0.207 e. The van der Waals surface area contributed by atoms with E-state index in [4.69, 9.17) is 0 Å². The van der Waals surface area contributed by atoms with Gasteiger partial charge in [0.05, 0.1) is 4.90 Å². The van der Waals surface area contributed by atoms with Crippen LogP contribution in [0, 0.1) is 20.8 Å². The second-order valence-electron chi connectivity index (χ2n) is 5.19. The lowest BCUT2D eigenvalue weighted by Crippen LogP contribution is -2.36. The zero-order valence-corrected chi connectivity index (χ0v) is 12.2. The molecule has 1 aromatic carbocycles. The molecule has 1 heterocycles. The number of sulfonamides is 1. The summed E-state index contributed by atoms with van der Waals surface area (Å²) in [6, 6.07) is 3.90. The van der Waals surface area contributed by atoms with Gasteiger partial charge in [-0.1, -0.05) is 24.1 Å². The van der Waals surface area contributed by atoms with Crippen molar-refractivity contribution in [2.45, 2.75) is 44.9 Å². The van der Waals surface area contributed by atoms with Crippen molar-refractivity contribution in [3.05, 3.63) is 28.8 Å². The summed E-state index contributed by atoms with van der Waals surface area (Å²) in [6.07, 6.45) is 3.09. The van der Waals surface area contributed by atoms with Crippen molar-refractivity contribution in [3.8, 4) is 0 Å². The molecular formula is C14H21NO2S. The summed E-state index contributed by atoms with van der Waals surface area (Å²) in [7, 11) is -3.31. The Morgan fingerprint density at radius 1 is 0.944 bits per heavy atom. The summed E-state index contributed by atoms with van der Waals surface area (Å²) in [5.41, 5.74) is 2.83. The van der Waals surface area contributed by atoms with Gasteiger partial charge in [0.2, 0.25) is 10.0 Å². The molecule has 0 radical (unpaired) electrons. The van der Waals surface area contributed by atoms with Crippen molar-refractivity contribution < 1.29 is 8.42 Å². The Labute approximate surface area is 110 Å². The van der Waals surface area contributed by atoms with E-state index >= 15 is 0 Å². The van der Waals surface area contributed by atoms with E-state index in [1.807, 2.05) is 32.9 Å². The van der Waals surface area contributed by atoms with E-state index in [-0.39, 0.29) is 0 Å². The maximum Gasteiger partial charge on any atom is 0.243 e. The van der Waals surface area contributed by atoms with E-state index in [1.165, 1.54) is 0 Å². The van der Waals surface area contributed by atoms with Gasteiger partial charge in [-0.25, -0.2) is 8.42 Å². The van der Waals surface area contributed by atoms with Gasteiger partial charge in [0, 0.05) is 13.1 Å². The Morgan fingerprint density at radius 3 is 1.94 bits per heavy atom. The summed E-state index contributed by atoms with van der Waals surface area (Å²) in [5, 5.41) is 0. The van der Waals surface area contributed by atoms with Crippen molar-refractivity contribution in [1.29, 1.82) is 0 Å². The van der Waals surface area contributed by atoms with Crippen LogP contribution in [-0.2, 0) is 10.0 Å². The Balaban J connectivity index is 2.47. The van der Waals surface area contributed by atoms with Gasteiger partial charge in [-0.2, -0.15) is 4.31 Å². The van der Waals surface area contributed by atoms with E-state index in [0.717, 1.165) is 36.0 Å². The third-order valence-electron chi connectivity index (χ3n) is 3.52. The average Bonchev–Trinajstić information content (AvgIpc) is 2.28. The molecular weight excluding hydrogens is 246 g/mol. The van der Waals surface area contributed by atoms with Gasteiger partial charge in [-0.05, 0) is 44.7 Å². The van der Waals surface area contributed by atoms with Gasteiger partial charge in [0.15, 0.2) is 0 Å². The highest BCUT2D eigenvalue weighted by Crippen LogP contribution is 2.27. The van der Waals surface area contributed by atoms with Crippen molar-refractivity contribution >= 4 is 10.0 Å². The third-order valence-corrected chi connectivity index (χ3v) is 5.72. The molecule has 0 aliphatic carbocycles. The van der Waals surface area contributed by atoms with Gasteiger partial charge in [-0.3, -0.25) is 0 Å². The topological polar surface area (TPSA) is 37.4 Å². The highest BCUT2D eigenvalue weighted by atomic mass is 32.2. The Bertz CT molecular complexity index is 520. The van der Waals surface area contributed by atoms with Crippen LogP contribution >= 0.6 is 0 Å². The minimum Gasteiger partial charge on any atom is -0.207 e. The largest absolute Gasteiger partial charge is 0.243 e. The van der Waals surface area contributed by atoms with Crippen LogP contribution in [-0.4, -0.2) is 25.8 Å². The van der Waals surface area contributed by atoms with Crippen molar-refractivity contribution in [2.75, 3.05) is 13.1 Å². The summed E-state index contributed by atoms with van der Waals surface area (Å²) in [4.78, 5) is 0.509. The standard InChI is InChI=1S/C14H21NO2S/c1-11-9-12(2)14(13(3)10-11)18(16,17)15-7-5-4-6-8-15/h9-10H,4-8H2,1-3H3. The highest BCUT2D eigenvalue weighted by Gasteiger charge is 2.28. The number of nitrogens with zero attached hydrogens (tertiary/aromatic N) is 1. The van der Waals surface area contributed by atoms with E-state index < -0.39 is 10.0 Å². The highest BCUT2D eigenvalue weighted by molar-refractivity contribution is 7.89. The fraction of sp³-hybridized carbons (Fsp3) is 0.571. The van der Waals surface area contributed by atoms with Gasteiger partial charge < -0.3 is 0 Å².